The Balaban J connectivity index is 1.93. The summed E-state index contributed by atoms with van der Waals surface area (Å²) in [4.78, 5) is 11.4. The van der Waals surface area contributed by atoms with Crippen molar-refractivity contribution in [1.29, 1.82) is 0 Å². The molecule has 1 atom stereocenters. The first-order valence-corrected chi connectivity index (χ1v) is 6.47. The van der Waals surface area contributed by atoms with Gasteiger partial charge in [-0.1, -0.05) is 6.92 Å². The zero-order chi connectivity index (χ0) is 13.2. The monoisotopic (exact) mass is 248 g/mol. The third-order valence-electron chi connectivity index (χ3n) is 3.47. The molecule has 1 saturated carbocycles. The lowest BCUT2D eigenvalue weighted by atomic mass is 9.68. The smallest absolute Gasteiger partial charge is 0.145 e. The molecule has 1 aromatic rings. The zero-order valence-corrected chi connectivity index (χ0v) is 11.2. The molecule has 1 unspecified atom stereocenters. The average molecular weight is 248 g/mol. The molecule has 98 valence electrons. The molecular weight excluding hydrogens is 228 g/mol. The predicted molar refractivity (Wildman–Crippen MR) is 70.0 cm³/mol. The predicted octanol–water partition coefficient (Wildman–Crippen LogP) is 3.22. The van der Waals surface area contributed by atoms with Crippen molar-refractivity contribution >= 4 is 5.78 Å². The molecule has 18 heavy (non-hydrogen) atoms. The molecule has 1 aromatic carbocycles. The van der Waals surface area contributed by atoms with E-state index in [9.17, 15) is 4.79 Å². The lowest BCUT2D eigenvalue weighted by Crippen LogP contribution is -2.52. The van der Waals surface area contributed by atoms with Crippen molar-refractivity contribution in [3.05, 3.63) is 24.3 Å². The summed E-state index contributed by atoms with van der Waals surface area (Å²) < 4.78 is 11.3. The molecule has 3 nitrogen and oxygen atoms in total. The van der Waals surface area contributed by atoms with E-state index in [4.69, 9.17) is 9.47 Å². The van der Waals surface area contributed by atoms with E-state index in [0.29, 0.717) is 6.42 Å². The summed E-state index contributed by atoms with van der Waals surface area (Å²) in [6, 6.07) is 7.59. The lowest BCUT2D eigenvalue weighted by Gasteiger charge is -2.41. The van der Waals surface area contributed by atoms with Gasteiger partial charge in [0.1, 0.15) is 23.4 Å². The van der Waals surface area contributed by atoms with Crippen LogP contribution < -0.4 is 9.47 Å². The fraction of sp³-hybridized carbons (Fsp3) is 0.533. The number of hydrogen-bond acceptors (Lipinski definition) is 3. The van der Waals surface area contributed by atoms with Crippen molar-refractivity contribution in [3.63, 3.8) is 0 Å². The highest BCUT2D eigenvalue weighted by atomic mass is 16.5. The molecule has 1 aliphatic carbocycles. The van der Waals surface area contributed by atoms with Crippen LogP contribution in [0, 0.1) is 5.41 Å². The summed E-state index contributed by atoms with van der Waals surface area (Å²) in [5.41, 5.74) is -0.350. The molecule has 3 heteroatoms. The molecule has 0 radical (unpaired) electrons. The zero-order valence-electron chi connectivity index (χ0n) is 11.2. The van der Waals surface area contributed by atoms with Gasteiger partial charge in [0.2, 0.25) is 0 Å². The molecule has 0 saturated heterocycles. The summed E-state index contributed by atoms with van der Waals surface area (Å²) in [7, 11) is 0. The standard InChI is InChI=1S/C15H20O3/c1-4-9-17-11-5-7-12(8-6-11)18-14-10-13(16)15(14,2)3/h5-8,14H,4,9-10H2,1-3H3. The number of carbonyl (C=O) groups is 1. The van der Waals surface area contributed by atoms with E-state index in [1.54, 1.807) is 0 Å². The summed E-state index contributed by atoms with van der Waals surface area (Å²) in [5.74, 6) is 1.92. The fourth-order valence-electron chi connectivity index (χ4n) is 1.92. The molecular formula is C15H20O3. The maximum atomic E-state index is 11.4. The Morgan fingerprint density at radius 2 is 1.83 bits per heavy atom. The van der Waals surface area contributed by atoms with Gasteiger partial charge in [-0.2, -0.15) is 0 Å². The van der Waals surface area contributed by atoms with Crippen molar-refractivity contribution in [2.45, 2.75) is 39.7 Å². The molecule has 0 bridgehead atoms. The van der Waals surface area contributed by atoms with Crippen molar-refractivity contribution in [1.82, 2.24) is 0 Å². The Kier molecular flexibility index (Phi) is 3.60. The summed E-state index contributed by atoms with van der Waals surface area (Å²) in [6.07, 6.45) is 1.50. The van der Waals surface area contributed by atoms with Gasteiger partial charge in [-0.05, 0) is 44.5 Å². The topological polar surface area (TPSA) is 35.5 Å². The van der Waals surface area contributed by atoms with Gasteiger partial charge < -0.3 is 9.47 Å². The summed E-state index contributed by atoms with van der Waals surface area (Å²) in [6.45, 7) is 6.67. The summed E-state index contributed by atoms with van der Waals surface area (Å²) >= 11 is 0. The van der Waals surface area contributed by atoms with E-state index in [-0.39, 0.29) is 17.3 Å². The maximum absolute atomic E-state index is 11.4. The lowest BCUT2D eigenvalue weighted by molar-refractivity contribution is -0.148. The first-order chi connectivity index (χ1) is 8.54. The normalized spacial score (nSPS) is 21.3. The van der Waals surface area contributed by atoms with Crippen LogP contribution in [-0.2, 0) is 4.79 Å². The molecule has 0 N–H and O–H groups in total. The van der Waals surface area contributed by atoms with E-state index >= 15 is 0 Å². The average Bonchev–Trinajstić information content (AvgIpc) is 2.37. The van der Waals surface area contributed by atoms with Gasteiger partial charge in [0.15, 0.2) is 0 Å². The molecule has 0 aliphatic heterocycles. The number of hydrogen-bond donors (Lipinski definition) is 0. The minimum Gasteiger partial charge on any atom is -0.494 e. The molecule has 0 spiro atoms. The van der Waals surface area contributed by atoms with E-state index < -0.39 is 0 Å². The first-order valence-electron chi connectivity index (χ1n) is 6.47. The van der Waals surface area contributed by atoms with Crippen LogP contribution in [0.15, 0.2) is 24.3 Å². The van der Waals surface area contributed by atoms with Crippen LogP contribution in [0.5, 0.6) is 11.5 Å². The Morgan fingerprint density at radius 3 is 2.33 bits per heavy atom. The SMILES string of the molecule is CCCOc1ccc(OC2CC(=O)C2(C)C)cc1. The largest absolute Gasteiger partial charge is 0.494 e. The second-order valence-corrected chi connectivity index (χ2v) is 5.28. The second kappa shape index (κ2) is 5.01. The van der Waals surface area contributed by atoms with Gasteiger partial charge >= 0.3 is 0 Å². The quantitative estimate of drug-likeness (QED) is 0.802. The number of ketones is 1. The van der Waals surface area contributed by atoms with Gasteiger partial charge in [-0.15, -0.1) is 0 Å². The maximum Gasteiger partial charge on any atom is 0.145 e. The van der Waals surface area contributed by atoms with Crippen LogP contribution in [0.2, 0.25) is 0 Å². The van der Waals surface area contributed by atoms with Crippen LogP contribution in [-0.4, -0.2) is 18.5 Å². The number of benzene rings is 1. The third-order valence-corrected chi connectivity index (χ3v) is 3.47. The Hall–Kier alpha value is -1.51. The Bertz CT molecular complexity index is 420. The van der Waals surface area contributed by atoms with Crippen molar-refractivity contribution in [3.8, 4) is 11.5 Å². The van der Waals surface area contributed by atoms with E-state index in [1.165, 1.54) is 0 Å². The van der Waals surface area contributed by atoms with Crippen molar-refractivity contribution in [2.24, 2.45) is 5.41 Å². The number of carbonyl (C=O) groups excluding carboxylic acids is 1. The number of ether oxygens (including phenoxy) is 2. The molecule has 0 aromatic heterocycles. The van der Waals surface area contributed by atoms with E-state index in [0.717, 1.165) is 24.5 Å². The third kappa shape index (κ3) is 2.50. The Morgan fingerprint density at radius 1 is 1.22 bits per heavy atom. The number of Topliss-reactive ketones (excluding diaryl/α,β-unsaturated/α-hetero) is 1. The van der Waals surface area contributed by atoms with Gasteiger partial charge in [0, 0.05) is 6.42 Å². The second-order valence-electron chi connectivity index (χ2n) is 5.28. The Labute approximate surface area is 108 Å². The van der Waals surface area contributed by atoms with E-state index in [1.807, 2.05) is 38.1 Å². The molecule has 1 aliphatic rings. The van der Waals surface area contributed by atoms with Gasteiger partial charge in [-0.25, -0.2) is 0 Å². The van der Waals surface area contributed by atoms with Gasteiger partial charge in [0.25, 0.3) is 0 Å². The first kappa shape index (κ1) is 12.9. The van der Waals surface area contributed by atoms with E-state index in [2.05, 4.69) is 6.92 Å². The highest BCUT2D eigenvalue weighted by molar-refractivity contribution is 5.91. The van der Waals surface area contributed by atoms with Crippen LogP contribution in [0.4, 0.5) is 0 Å². The van der Waals surface area contributed by atoms with Crippen molar-refractivity contribution < 1.29 is 14.3 Å². The summed E-state index contributed by atoms with van der Waals surface area (Å²) in [5, 5.41) is 0. The minimum absolute atomic E-state index is 0.00703. The molecule has 0 amide bonds. The highest BCUT2D eigenvalue weighted by Gasteiger charge is 2.49. The highest BCUT2D eigenvalue weighted by Crippen LogP contribution is 2.39. The van der Waals surface area contributed by atoms with Crippen molar-refractivity contribution in [2.75, 3.05) is 6.61 Å². The van der Waals surface area contributed by atoms with Crippen LogP contribution in [0.1, 0.15) is 33.6 Å². The molecule has 0 heterocycles. The molecule has 1 fully saturated rings. The molecule has 2 rings (SSSR count). The van der Waals surface area contributed by atoms with Gasteiger partial charge in [-0.3, -0.25) is 4.79 Å². The van der Waals surface area contributed by atoms with Crippen LogP contribution >= 0.6 is 0 Å². The van der Waals surface area contributed by atoms with Gasteiger partial charge in [0.05, 0.1) is 12.0 Å². The van der Waals surface area contributed by atoms with Crippen LogP contribution in [0.25, 0.3) is 0 Å². The van der Waals surface area contributed by atoms with Crippen LogP contribution in [0.3, 0.4) is 0 Å². The fourth-order valence-corrected chi connectivity index (χ4v) is 1.92. The number of rotatable bonds is 5. The minimum atomic E-state index is -0.350.